The third-order valence-corrected chi connectivity index (χ3v) is 5.77. The van der Waals surface area contributed by atoms with Gasteiger partial charge in [-0.3, -0.25) is 4.79 Å². The first-order chi connectivity index (χ1) is 11.7. The van der Waals surface area contributed by atoms with Crippen molar-refractivity contribution < 1.29 is 4.79 Å². The number of fused-ring (bicyclic) bond motifs is 2. The van der Waals surface area contributed by atoms with Crippen molar-refractivity contribution in [1.29, 1.82) is 0 Å². The van der Waals surface area contributed by atoms with Crippen LogP contribution in [0.15, 0.2) is 30.6 Å². The summed E-state index contributed by atoms with van der Waals surface area (Å²) in [7, 11) is 0. The number of thiazole rings is 1. The molecule has 5 nitrogen and oxygen atoms in total. The van der Waals surface area contributed by atoms with Crippen LogP contribution in [0, 0.1) is 0 Å². The van der Waals surface area contributed by atoms with Crippen LogP contribution in [0.3, 0.4) is 0 Å². The summed E-state index contributed by atoms with van der Waals surface area (Å²) in [6.45, 7) is 2.53. The van der Waals surface area contributed by atoms with Gasteiger partial charge in [0, 0.05) is 17.8 Å². The van der Waals surface area contributed by atoms with Crippen LogP contribution in [-0.2, 0) is 24.1 Å². The molecule has 124 valence electrons. The third kappa shape index (κ3) is 2.82. The van der Waals surface area contributed by atoms with Crippen LogP contribution in [0.4, 0.5) is 0 Å². The summed E-state index contributed by atoms with van der Waals surface area (Å²) in [6, 6.07) is 7.59. The normalized spacial score (nSPS) is 14.7. The molecule has 0 spiro atoms. The van der Waals surface area contributed by atoms with Crippen LogP contribution >= 0.6 is 11.3 Å². The van der Waals surface area contributed by atoms with Crippen molar-refractivity contribution in [2.24, 2.45) is 0 Å². The number of nitrogens with one attached hydrogen (secondary N) is 1. The number of imidazole rings is 1. The fourth-order valence-electron chi connectivity index (χ4n) is 3.20. The summed E-state index contributed by atoms with van der Waals surface area (Å²) >= 11 is 1.80. The van der Waals surface area contributed by atoms with E-state index in [2.05, 4.69) is 15.3 Å². The Balaban J connectivity index is 1.37. The fourth-order valence-corrected chi connectivity index (χ4v) is 4.36. The molecule has 2 heterocycles. The summed E-state index contributed by atoms with van der Waals surface area (Å²) < 4.78 is 1.92. The van der Waals surface area contributed by atoms with E-state index in [9.17, 15) is 4.79 Å². The Morgan fingerprint density at radius 1 is 1.38 bits per heavy atom. The van der Waals surface area contributed by atoms with E-state index in [4.69, 9.17) is 0 Å². The van der Waals surface area contributed by atoms with E-state index in [1.54, 1.807) is 17.7 Å². The molecule has 0 fully saturated rings. The molecule has 6 heteroatoms. The fraction of sp³-hybridized carbons (Fsp3) is 0.389. The number of hydrogen-bond acceptors (Lipinski definition) is 4. The molecule has 0 bridgehead atoms. The number of hydrogen-bond donors (Lipinski definition) is 1. The maximum Gasteiger partial charge on any atom is 0.242 e. The molecule has 0 radical (unpaired) electrons. The largest absolute Gasteiger partial charge is 0.354 e. The first-order valence-electron chi connectivity index (χ1n) is 8.39. The average Bonchev–Trinajstić information content (AvgIpc) is 3.28. The van der Waals surface area contributed by atoms with E-state index in [1.165, 1.54) is 23.4 Å². The molecule has 1 N–H and O–H groups in total. The summed E-state index contributed by atoms with van der Waals surface area (Å²) in [4.78, 5) is 22.9. The third-order valence-electron chi connectivity index (χ3n) is 4.56. The van der Waals surface area contributed by atoms with Gasteiger partial charge in [0.2, 0.25) is 5.91 Å². The zero-order valence-electron chi connectivity index (χ0n) is 13.7. The molecule has 0 saturated heterocycles. The zero-order valence-corrected chi connectivity index (χ0v) is 14.5. The molecule has 2 aromatic heterocycles. The molecule has 1 aliphatic carbocycles. The Labute approximate surface area is 144 Å². The predicted octanol–water partition coefficient (Wildman–Crippen LogP) is 2.90. The predicted molar refractivity (Wildman–Crippen MR) is 95.3 cm³/mol. The Bertz CT molecular complexity index is 861. The number of aromatic nitrogens is 3. The summed E-state index contributed by atoms with van der Waals surface area (Å²) in [5.74, 6) is 0.0160. The lowest BCUT2D eigenvalue weighted by molar-refractivity contribution is -0.123. The van der Waals surface area contributed by atoms with Crippen molar-refractivity contribution in [2.45, 2.75) is 38.6 Å². The van der Waals surface area contributed by atoms with Gasteiger partial charge < -0.3 is 9.88 Å². The number of amides is 1. The van der Waals surface area contributed by atoms with Gasteiger partial charge in [-0.25, -0.2) is 9.97 Å². The molecule has 1 aliphatic rings. The standard InChI is InChI=1S/C18H20N4OS/c1-12(22-11-20-13-5-2-3-7-15(13)22)18(23)19-10-9-17-21-14-6-4-8-16(14)24-17/h2-3,5,7,11-12H,4,6,8-10H2,1H3,(H,19,23)/t12-/m0/s1. The van der Waals surface area contributed by atoms with Gasteiger partial charge in [0.1, 0.15) is 6.04 Å². The van der Waals surface area contributed by atoms with E-state index >= 15 is 0 Å². The summed E-state index contributed by atoms with van der Waals surface area (Å²) in [5, 5.41) is 4.17. The quantitative estimate of drug-likeness (QED) is 0.777. The van der Waals surface area contributed by atoms with E-state index in [-0.39, 0.29) is 11.9 Å². The second-order valence-electron chi connectivity index (χ2n) is 6.19. The Kier molecular flexibility index (Phi) is 4.06. The highest BCUT2D eigenvalue weighted by Crippen LogP contribution is 2.27. The van der Waals surface area contributed by atoms with Crippen molar-refractivity contribution in [2.75, 3.05) is 6.54 Å². The van der Waals surface area contributed by atoms with Gasteiger partial charge in [-0.2, -0.15) is 0 Å². The lowest BCUT2D eigenvalue weighted by Crippen LogP contribution is -2.32. The van der Waals surface area contributed by atoms with Crippen LogP contribution in [0.1, 0.15) is 35.0 Å². The minimum atomic E-state index is -0.279. The Morgan fingerprint density at radius 3 is 3.12 bits per heavy atom. The van der Waals surface area contributed by atoms with Gasteiger partial charge in [-0.05, 0) is 38.3 Å². The van der Waals surface area contributed by atoms with Crippen LogP contribution in [-0.4, -0.2) is 27.0 Å². The molecular weight excluding hydrogens is 320 g/mol. The van der Waals surface area contributed by atoms with Crippen molar-refractivity contribution in [1.82, 2.24) is 19.9 Å². The second kappa shape index (κ2) is 6.36. The first kappa shape index (κ1) is 15.3. The number of aryl methyl sites for hydroxylation is 2. The van der Waals surface area contributed by atoms with Gasteiger partial charge in [0.05, 0.1) is 28.1 Å². The number of rotatable bonds is 5. The van der Waals surface area contributed by atoms with Crippen molar-refractivity contribution in [3.05, 3.63) is 46.2 Å². The van der Waals surface area contributed by atoms with E-state index in [0.29, 0.717) is 6.54 Å². The average molecular weight is 340 g/mol. The molecule has 4 rings (SSSR count). The van der Waals surface area contributed by atoms with E-state index < -0.39 is 0 Å². The van der Waals surface area contributed by atoms with Crippen LogP contribution in [0.25, 0.3) is 11.0 Å². The van der Waals surface area contributed by atoms with Crippen molar-refractivity contribution >= 4 is 28.3 Å². The zero-order chi connectivity index (χ0) is 16.5. The van der Waals surface area contributed by atoms with Gasteiger partial charge in [0.25, 0.3) is 0 Å². The number of benzene rings is 1. The smallest absolute Gasteiger partial charge is 0.242 e. The van der Waals surface area contributed by atoms with Crippen LogP contribution < -0.4 is 5.32 Å². The molecule has 0 unspecified atom stereocenters. The van der Waals surface area contributed by atoms with Crippen LogP contribution in [0.5, 0.6) is 0 Å². The minimum absolute atomic E-state index is 0.0160. The highest BCUT2D eigenvalue weighted by molar-refractivity contribution is 7.11. The molecule has 0 aliphatic heterocycles. The minimum Gasteiger partial charge on any atom is -0.354 e. The number of carbonyl (C=O) groups excluding carboxylic acids is 1. The molecule has 24 heavy (non-hydrogen) atoms. The van der Waals surface area contributed by atoms with Gasteiger partial charge in [-0.15, -0.1) is 11.3 Å². The highest BCUT2D eigenvalue weighted by Gasteiger charge is 2.18. The highest BCUT2D eigenvalue weighted by atomic mass is 32.1. The Hall–Kier alpha value is -2.21. The molecule has 0 saturated carbocycles. The Morgan fingerprint density at radius 2 is 2.25 bits per heavy atom. The van der Waals surface area contributed by atoms with Crippen molar-refractivity contribution in [3.63, 3.8) is 0 Å². The molecule has 1 aromatic carbocycles. The summed E-state index contributed by atoms with van der Waals surface area (Å²) in [5.41, 5.74) is 3.17. The van der Waals surface area contributed by atoms with Gasteiger partial charge >= 0.3 is 0 Å². The number of carbonyl (C=O) groups is 1. The van der Waals surface area contributed by atoms with Gasteiger partial charge in [0.15, 0.2) is 0 Å². The topological polar surface area (TPSA) is 59.8 Å². The molecule has 1 atom stereocenters. The SMILES string of the molecule is C[C@@H](C(=O)NCCc1nc2c(s1)CCC2)n1cnc2ccccc21. The van der Waals surface area contributed by atoms with Crippen LogP contribution in [0.2, 0.25) is 0 Å². The van der Waals surface area contributed by atoms with E-state index in [0.717, 1.165) is 28.9 Å². The second-order valence-corrected chi connectivity index (χ2v) is 7.36. The maximum atomic E-state index is 12.4. The molecular formula is C18H20N4OS. The summed E-state index contributed by atoms with van der Waals surface area (Å²) in [6.07, 6.45) is 6.07. The lowest BCUT2D eigenvalue weighted by Gasteiger charge is -2.14. The van der Waals surface area contributed by atoms with Crippen molar-refractivity contribution in [3.8, 4) is 0 Å². The van der Waals surface area contributed by atoms with Gasteiger partial charge in [-0.1, -0.05) is 12.1 Å². The monoisotopic (exact) mass is 340 g/mol. The molecule has 1 amide bonds. The molecule has 3 aromatic rings. The lowest BCUT2D eigenvalue weighted by atomic mass is 10.2. The number of para-hydroxylation sites is 2. The maximum absolute atomic E-state index is 12.4. The number of nitrogens with zero attached hydrogens (tertiary/aromatic N) is 3. The van der Waals surface area contributed by atoms with E-state index in [1.807, 2.05) is 35.8 Å². The first-order valence-corrected chi connectivity index (χ1v) is 9.21.